The Morgan fingerprint density at radius 3 is 2.79 bits per heavy atom. The second kappa shape index (κ2) is 10.5. The van der Waals surface area contributed by atoms with E-state index in [0.29, 0.717) is 0 Å². The van der Waals surface area contributed by atoms with Crippen LogP contribution in [-0.4, -0.2) is 65.1 Å². The minimum atomic E-state index is -0.693. The first-order chi connectivity index (χ1) is 13.8. The number of aliphatic hydroxyl groups excluding tert-OH is 1. The zero-order valence-corrected chi connectivity index (χ0v) is 18.3. The van der Waals surface area contributed by atoms with Gasteiger partial charge in [0.15, 0.2) is 0 Å². The van der Waals surface area contributed by atoms with Crippen LogP contribution in [0.2, 0.25) is 0 Å². The fourth-order valence-electron chi connectivity index (χ4n) is 3.15. The van der Waals surface area contributed by atoms with Crippen molar-refractivity contribution >= 4 is 28.7 Å². The Balaban J connectivity index is 1.94. The van der Waals surface area contributed by atoms with Crippen molar-refractivity contribution in [3.8, 4) is 0 Å². The molecule has 1 aliphatic rings. The van der Waals surface area contributed by atoms with Crippen molar-refractivity contribution in [1.29, 1.82) is 0 Å². The predicted molar refractivity (Wildman–Crippen MR) is 116 cm³/mol. The molecule has 3 unspecified atom stereocenters. The highest BCUT2D eigenvalue weighted by Gasteiger charge is 2.39. The highest BCUT2D eigenvalue weighted by molar-refractivity contribution is 7.11. The minimum absolute atomic E-state index is 0.169. The molecule has 0 bridgehead atoms. The number of carbonyl (C=O) groups is 2. The Labute approximate surface area is 176 Å². The fourth-order valence-corrected chi connectivity index (χ4v) is 4.01. The number of aryl methyl sites for hydroxylation is 1. The SMILES string of the molecule is C=C(C=CC(=CC)c1scnc1C)CNC(=O)C1CC(O)CN1C(=O)C(C)NC. The highest BCUT2D eigenvalue weighted by atomic mass is 32.1. The third-order valence-corrected chi connectivity index (χ3v) is 5.95. The monoisotopic (exact) mass is 418 g/mol. The van der Waals surface area contributed by atoms with Gasteiger partial charge in [-0.25, -0.2) is 4.98 Å². The summed E-state index contributed by atoms with van der Waals surface area (Å²) in [4.78, 5) is 31.9. The average Bonchev–Trinajstić information content (AvgIpc) is 3.31. The number of thiazole rings is 1. The van der Waals surface area contributed by atoms with E-state index in [9.17, 15) is 14.7 Å². The van der Waals surface area contributed by atoms with Gasteiger partial charge in [-0.1, -0.05) is 24.8 Å². The quantitative estimate of drug-likeness (QED) is 0.558. The fraction of sp³-hybridized carbons (Fsp3) is 0.476. The molecule has 0 radical (unpaired) electrons. The molecule has 1 aliphatic heterocycles. The predicted octanol–water partition coefficient (Wildman–Crippen LogP) is 1.65. The number of aliphatic hydroxyl groups is 1. The molecule has 3 atom stereocenters. The maximum atomic E-state index is 12.6. The average molecular weight is 419 g/mol. The molecule has 0 aromatic carbocycles. The van der Waals surface area contributed by atoms with E-state index in [-0.39, 0.29) is 31.3 Å². The highest BCUT2D eigenvalue weighted by Crippen LogP contribution is 2.24. The van der Waals surface area contributed by atoms with Gasteiger partial charge >= 0.3 is 0 Å². The molecule has 2 amide bonds. The Hall–Kier alpha value is -2.29. The molecule has 2 rings (SSSR count). The van der Waals surface area contributed by atoms with Gasteiger partial charge in [0.05, 0.1) is 28.2 Å². The van der Waals surface area contributed by atoms with Crippen molar-refractivity contribution in [3.63, 3.8) is 0 Å². The normalized spacial score (nSPS) is 20.9. The lowest BCUT2D eigenvalue weighted by atomic mass is 10.1. The number of allylic oxidation sites excluding steroid dienone is 3. The minimum Gasteiger partial charge on any atom is -0.391 e. The molecule has 3 N–H and O–H groups in total. The summed E-state index contributed by atoms with van der Waals surface area (Å²) >= 11 is 1.58. The summed E-state index contributed by atoms with van der Waals surface area (Å²) in [6, 6.07) is -1.08. The van der Waals surface area contributed by atoms with Crippen molar-refractivity contribution < 1.29 is 14.7 Å². The molecule has 7 nitrogen and oxygen atoms in total. The largest absolute Gasteiger partial charge is 0.391 e. The maximum Gasteiger partial charge on any atom is 0.243 e. The van der Waals surface area contributed by atoms with E-state index >= 15 is 0 Å². The first kappa shape index (κ1) is 23.0. The third-order valence-electron chi connectivity index (χ3n) is 4.98. The summed E-state index contributed by atoms with van der Waals surface area (Å²) < 4.78 is 0. The molecule has 1 aromatic heterocycles. The van der Waals surface area contributed by atoms with Gasteiger partial charge in [0.25, 0.3) is 0 Å². The van der Waals surface area contributed by atoms with Crippen molar-refractivity contribution in [2.75, 3.05) is 20.1 Å². The van der Waals surface area contributed by atoms with Crippen molar-refractivity contribution in [2.45, 2.75) is 45.4 Å². The number of carbonyl (C=O) groups excluding carboxylic acids is 2. The van der Waals surface area contributed by atoms with E-state index in [1.807, 2.05) is 37.6 Å². The van der Waals surface area contributed by atoms with Gasteiger partial charge in [0.2, 0.25) is 11.8 Å². The zero-order chi connectivity index (χ0) is 21.6. The van der Waals surface area contributed by atoms with Gasteiger partial charge < -0.3 is 20.6 Å². The maximum absolute atomic E-state index is 12.6. The number of amides is 2. The number of likely N-dealkylation sites (tertiary alicyclic amines) is 1. The first-order valence-electron chi connectivity index (χ1n) is 9.64. The van der Waals surface area contributed by atoms with Crippen LogP contribution < -0.4 is 10.6 Å². The van der Waals surface area contributed by atoms with Gasteiger partial charge in [-0.05, 0) is 39.0 Å². The zero-order valence-electron chi connectivity index (χ0n) is 17.4. The van der Waals surface area contributed by atoms with E-state index < -0.39 is 18.2 Å². The smallest absolute Gasteiger partial charge is 0.243 e. The van der Waals surface area contributed by atoms with Crippen LogP contribution in [0, 0.1) is 6.92 Å². The molecule has 158 valence electrons. The topological polar surface area (TPSA) is 94.6 Å². The van der Waals surface area contributed by atoms with Crippen LogP contribution in [0.4, 0.5) is 0 Å². The van der Waals surface area contributed by atoms with E-state index in [0.717, 1.165) is 21.7 Å². The van der Waals surface area contributed by atoms with E-state index in [2.05, 4.69) is 22.2 Å². The van der Waals surface area contributed by atoms with Crippen LogP contribution in [0.5, 0.6) is 0 Å². The lowest BCUT2D eigenvalue weighted by Crippen LogP contribution is -2.51. The van der Waals surface area contributed by atoms with Gasteiger partial charge in [-0.15, -0.1) is 11.3 Å². The molecule has 8 heteroatoms. The van der Waals surface area contributed by atoms with Gasteiger partial charge in [-0.2, -0.15) is 0 Å². The Morgan fingerprint density at radius 1 is 1.48 bits per heavy atom. The molecular formula is C21H30N4O3S. The second-order valence-electron chi connectivity index (χ2n) is 7.13. The molecule has 1 fully saturated rings. The summed E-state index contributed by atoms with van der Waals surface area (Å²) in [6.45, 7) is 10.1. The van der Waals surface area contributed by atoms with Gasteiger partial charge in [0.1, 0.15) is 6.04 Å². The summed E-state index contributed by atoms with van der Waals surface area (Å²) in [5.41, 5.74) is 4.58. The third kappa shape index (κ3) is 5.85. The number of nitrogens with one attached hydrogen (secondary N) is 2. The van der Waals surface area contributed by atoms with Crippen LogP contribution in [-0.2, 0) is 9.59 Å². The van der Waals surface area contributed by atoms with Crippen LogP contribution in [0.3, 0.4) is 0 Å². The van der Waals surface area contributed by atoms with Gasteiger partial charge in [0, 0.05) is 19.5 Å². The summed E-state index contributed by atoms with van der Waals surface area (Å²) in [7, 11) is 1.69. The number of hydrogen-bond acceptors (Lipinski definition) is 6. The molecule has 29 heavy (non-hydrogen) atoms. The molecule has 2 heterocycles. The molecule has 0 aliphatic carbocycles. The summed E-state index contributed by atoms with van der Waals surface area (Å²) in [5, 5.41) is 15.7. The Morgan fingerprint density at radius 2 is 2.21 bits per heavy atom. The Bertz CT molecular complexity index is 815. The van der Waals surface area contributed by atoms with Crippen molar-refractivity contribution in [2.24, 2.45) is 0 Å². The van der Waals surface area contributed by atoms with Crippen molar-refractivity contribution in [3.05, 3.63) is 46.5 Å². The van der Waals surface area contributed by atoms with E-state index in [4.69, 9.17) is 0 Å². The lowest BCUT2D eigenvalue weighted by Gasteiger charge is -2.26. The number of likely N-dealkylation sites (N-methyl/N-ethyl adjacent to an activating group) is 1. The molecular weight excluding hydrogens is 388 g/mol. The molecule has 1 aromatic rings. The number of aromatic nitrogens is 1. The number of β-amino-alcohol motifs (C(OH)–C–C–N with tert-alkyl or cyclic N) is 1. The number of rotatable bonds is 8. The standard InChI is InChI=1S/C21H30N4O3S/c1-6-16(19-14(3)24-12-29-19)8-7-13(2)10-23-20(27)18-9-17(26)11-25(18)21(28)15(4)22-5/h6-8,12,15,17-18,22,26H,2,9-11H2,1,3-5H3,(H,23,27). The summed E-state index contributed by atoms with van der Waals surface area (Å²) in [5.74, 6) is -0.474. The van der Waals surface area contributed by atoms with Crippen LogP contribution in [0.15, 0.2) is 35.9 Å². The Kier molecular flexibility index (Phi) is 8.31. The van der Waals surface area contributed by atoms with Crippen LogP contribution in [0.1, 0.15) is 30.8 Å². The first-order valence-corrected chi connectivity index (χ1v) is 10.5. The molecule has 1 saturated heterocycles. The van der Waals surface area contributed by atoms with Crippen LogP contribution in [0.25, 0.3) is 5.57 Å². The second-order valence-corrected chi connectivity index (χ2v) is 7.98. The number of nitrogens with zero attached hydrogens (tertiary/aromatic N) is 2. The van der Waals surface area contributed by atoms with E-state index in [1.165, 1.54) is 4.90 Å². The molecule has 0 spiro atoms. The van der Waals surface area contributed by atoms with Crippen LogP contribution >= 0.6 is 11.3 Å². The van der Waals surface area contributed by atoms with Crippen molar-refractivity contribution in [1.82, 2.24) is 20.5 Å². The molecule has 0 saturated carbocycles. The number of hydrogen-bond donors (Lipinski definition) is 3. The van der Waals surface area contributed by atoms with Gasteiger partial charge in [-0.3, -0.25) is 9.59 Å². The lowest BCUT2D eigenvalue weighted by molar-refractivity contribution is -0.139. The summed E-state index contributed by atoms with van der Waals surface area (Å²) in [6.07, 6.45) is 5.38. The van der Waals surface area contributed by atoms with E-state index in [1.54, 1.807) is 25.3 Å².